The van der Waals surface area contributed by atoms with Gasteiger partial charge in [-0.05, 0) is 49.1 Å². The average Bonchev–Trinajstić information content (AvgIpc) is 3.71. The largest absolute Gasteiger partial charge is 0.353 e. The van der Waals surface area contributed by atoms with Crippen LogP contribution in [0.1, 0.15) is 58.7 Å². The molecule has 0 unspecified atom stereocenters. The molecule has 0 bridgehead atoms. The summed E-state index contributed by atoms with van der Waals surface area (Å²) in [6, 6.07) is 13.8. The van der Waals surface area contributed by atoms with E-state index in [2.05, 4.69) is 11.8 Å². The van der Waals surface area contributed by atoms with Crippen molar-refractivity contribution in [2.75, 3.05) is 31.1 Å². The molecule has 3 aromatic rings. The fourth-order valence-corrected chi connectivity index (χ4v) is 4.74. The Bertz CT molecular complexity index is 1190. The van der Waals surface area contributed by atoms with Crippen LogP contribution in [0.15, 0.2) is 48.5 Å². The number of piperazine rings is 1. The Hall–Kier alpha value is -2.99. The molecule has 1 aliphatic carbocycles. The molecule has 34 heavy (non-hydrogen) atoms. The molecule has 176 valence electrons. The fraction of sp³-hybridized carbons (Fsp3) is 0.370. The maximum atomic E-state index is 13.5. The van der Waals surface area contributed by atoms with E-state index in [9.17, 15) is 9.18 Å². The minimum atomic E-state index is -0.237. The number of carbonyl (C=O) groups excluding carboxylic acids is 1. The molecule has 0 N–H and O–H groups in total. The number of nitrogens with zero attached hydrogens (tertiary/aromatic N) is 4. The Kier molecular flexibility index (Phi) is 6.50. The zero-order valence-corrected chi connectivity index (χ0v) is 20.1. The van der Waals surface area contributed by atoms with E-state index in [1.807, 2.05) is 29.2 Å². The van der Waals surface area contributed by atoms with Crippen LogP contribution in [0.5, 0.6) is 0 Å². The van der Waals surface area contributed by atoms with Crippen LogP contribution in [-0.4, -0.2) is 47.0 Å². The first-order chi connectivity index (χ1) is 16.5. The molecule has 2 aromatic carbocycles. The van der Waals surface area contributed by atoms with Gasteiger partial charge >= 0.3 is 0 Å². The predicted octanol–water partition coefficient (Wildman–Crippen LogP) is 5.26. The second-order valence-corrected chi connectivity index (χ2v) is 9.43. The average molecular weight is 479 g/mol. The number of aromatic nitrogens is 2. The highest BCUT2D eigenvalue weighted by molar-refractivity contribution is 6.33. The molecule has 5 rings (SSSR count). The fourth-order valence-electron chi connectivity index (χ4n) is 4.53. The van der Waals surface area contributed by atoms with Crippen LogP contribution in [0.3, 0.4) is 0 Å². The van der Waals surface area contributed by atoms with Crippen molar-refractivity contribution < 1.29 is 9.18 Å². The Morgan fingerprint density at radius 3 is 2.38 bits per heavy atom. The lowest BCUT2D eigenvalue weighted by Gasteiger charge is -2.37. The van der Waals surface area contributed by atoms with Gasteiger partial charge in [0.15, 0.2) is 0 Å². The van der Waals surface area contributed by atoms with Crippen LogP contribution in [-0.2, 0) is 12.8 Å². The van der Waals surface area contributed by atoms with Crippen LogP contribution >= 0.6 is 11.6 Å². The van der Waals surface area contributed by atoms with E-state index in [-0.39, 0.29) is 11.7 Å². The van der Waals surface area contributed by atoms with Crippen molar-refractivity contribution in [1.29, 1.82) is 0 Å². The molecule has 1 saturated carbocycles. The molecule has 7 heteroatoms. The van der Waals surface area contributed by atoms with Gasteiger partial charge in [0.25, 0.3) is 5.91 Å². The number of hydrogen-bond donors (Lipinski definition) is 0. The number of amides is 1. The summed E-state index contributed by atoms with van der Waals surface area (Å²) in [5.41, 5.74) is 3.74. The zero-order chi connectivity index (χ0) is 23.7. The van der Waals surface area contributed by atoms with Crippen molar-refractivity contribution in [3.63, 3.8) is 0 Å². The summed E-state index contributed by atoms with van der Waals surface area (Å²) in [5.74, 6) is 2.07. The normalized spacial score (nSPS) is 16.1. The third-order valence-corrected chi connectivity index (χ3v) is 6.96. The topological polar surface area (TPSA) is 49.3 Å². The number of hydrogen-bond acceptors (Lipinski definition) is 4. The summed E-state index contributed by atoms with van der Waals surface area (Å²) in [6.45, 7) is 4.71. The summed E-state index contributed by atoms with van der Waals surface area (Å²) in [6.07, 6.45) is 3.75. The van der Waals surface area contributed by atoms with Crippen LogP contribution in [0.25, 0.3) is 0 Å². The van der Waals surface area contributed by atoms with Gasteiger partial charge in [0.1, 0.15) is 17.5 Å². The minimum absolute atomic E-state index is 0.0348. The third-order valence-electron chi connectivity index (χ3n) is 6.63. The Labute approximate surface area is 204 Å². The lowest BCUT2D eigenvalue weighted by molar-refractivity contribution is 0.0746. The van der Waals surface area contributed by atoms with Gasteiger partial charge in [-0.15, -0.1) is 0 Å². The number of rotatable bonds is 6. The molecule has 1 aromatic heterocycles. The highest BCUT2D eigenvalue weighted by atomic mass is 35.5. The van der Waals surface area contributed by atoms with E-state index in [1.165, 1.54) is 12.1 Å². The van der Waals surface area contributed by atoms with Crippen LogP contribution < -0.4 is 4.90 Å². The smallest absolute Gasteiger partial charge is 0.255 e. The van der Waals surface area contributed by atoms with Gasteiger partial charge in [-0.3, -0.25) is 4.79 Å². The van der Waals surface area contributed by atoms with Gasteiger partial charge in [0.05, 0.1) is 10.6 Å². The van der Waals surface area contributed by atoms with Gasteiger partial charge in [-0.2, -0.15) is 0 Å². The number of benzene rings is 2. The molecular weight excluding hydrogens is 451 g/mol. The first-order valence-electron chi connectivity index (χ1n) is 12.0. The van der Waals surface area contributed by atoms with Crippen molar-refractivity contribution in [3.8, 4) is 0 Å². The quantitative estimate of drug-likeness (QED) is 0.484. The second kappa shape index (κ2) is 9.71. The first kappa shape index (κ1) is 22.8. The summed E-state index contributed by atoms with van der Waals surface area (Å²) < 4.78 is 13.5. The number of aryl methyl sites for hydroxylation is 1. The molecule has 0 radical (unpaired) electrons. The molecule has 2 fully saturated rings. The lowest BCUT2D eigenvalue weighted by atomic mass is 10.0. The van der Waals surface area contributed by atoms with E-state index in [0.29, 0.717) is 49.1 Å². The summed E-state index contributed by atoms with van der Waals surface area (Å²) in [5, 5.41) is 0.481. The number of carbonyl (C=O) groups is 1. The van der Waals surface area contributed by atoms with Crippen LogP contribution in [0, 0.1) is 5.82 Å². The monoisotopic (exact) mass is 478 g/mol. The van der Waals surface area contributed by atoms with Crippen molar-refractivity contribution in [1.82, 2.24) is 14.9 Å². The number of halogens is 2. The standard InChI is InChI=1S/C27H28ClFN4O/c1-2-24-22(17-18-7-11-20(29)12-8-18)26(31-25(30-24)19-9-10-19)32-13-15-33(16-14-32)27(34)21-5-3-4-6-23(21)28/h3-8,11-12,19H,2,9-10,13-17H2,1H3. The molecule has 0 atom stereocenters. The molecule has 5 nitrogen and oxygen atoms in total. The highest BCUT2D eigenvalue weighted by Gasteiger charge is 2.31. The van der Waals surface area contributed by atoms with Gasteiger partial charge in [-0.1, -0.05) is 42.8 Å². The predicted molar refractivity (Wildman–Crippen MR) is 132 cm³/mol. The third kappa shape index (κ3) is 4.78. The van der Waals surface area contributed by atoms with Crippen molar-refractivity contribution in [2.24, 2.45) is 0 Å². The Morgan fingerprint density at radius 1 is 1.03 bits per heavy atom. The van der Waals surface area contributed by atoms with Crippen LogP contribution in [0.4, 0.5) is 10.2 Å². The highest BCUT2D eigenvalue weighted by Crippen LogP contribution is 2.40. The SMILES string of the molecule is CCc1nc(C2CC2)nc(N2CCN(C(=O)c3ccccc3Cl)CC2)c1Cc1ccc(F)cc1. The Morgan fingerprint density at radius 2 is 1.74 bits per heavy atom. The molecule has 2 aliphatic rings. The van der Waals surface area contributed by atoms with Gasteiger partial charge in [0.2, 0.25) is 0 Å². The lowest BCUT2D eigenvalue weighted by Crippen LogP contribution is -2.49. The molecule has 2 heterocycles. The van der Waals surface area contributed by atoms with Crippen molar-refractivity contribution >= 4 is 23.3 Å². The number of anilines is 1. The Balaban J connectivity index is 1.41. The van der Waals surface area contributed by atoms with E-state index < -0.39 is 0 Å². The van der Waals surface area contributed by atoms with Gasteiger partial charge < -0.3 is 9.80 Å². The second-order valence-electron chi connectivity index (χ2n) is 9.02. The summed E-state index contributed by atoms with van der Waals surface area (Å²) in [4.78, 5) is 27.1. The molecule has 1 saturated heterocycles. The first-order valence-corrected chi connectivity index (χ1v) is 12.3. The van der Waals surface area contributed by atoms with Crippen molar-refractivity contribution in [3.05, 3.63) is 87.6 Å². The van der Waals surface area contributed by atoms with E-state index in [1.54, 1.807) is 12.1 Å². The minimum Gasteiger partial charge on any atom is -0.353 e. The van der Waals surface area contributed by atoms with Crippen LogP contribution in [0.2, 0.25) is 5.02 Å². The summed E-state index contributed by atoms with van der Waals surface area (Å²) >= 11 is 6.26. The molecule has 0 spiro atoms. The van der Waals surface area contributed by atoms with Gasteiger partial charge in [-0.25, -0.2) is 14.4 Å². The molecule has 1 aliphatic heterocycles. The molecule has 1 amide bonds. The maximum Gasteiger partial charge on any atom is 0.255 e. The summed E-state index contributed by atoms with van der Waals surface area (Å²) in [7, 11) is 0. The van der Waals surface area contributed by atoms with E-state index >= 15 is 0 Å². The maximum absolute atomic E-state index is 13.5. The van der Waals surface area contributed by atoms with Crippen molar-refractivity contribution in [2.45, 2.75) is 38.5 Å². The molecular formula is C27H28ClFN4O. The van der Waals surface area contributed by atoms with E-state index in [0.717, 1.165) is 47.7 Å². The zero-order valence-electron chi connectivity index (χ0n) is 19.3. The van der Waals surface area contributed by atoms with Gasteiger partial charge in [0, 0.05) is 49.8 Å². The van der Waals surface area contributed by atoms with E-state index in [4.69, 9.17) is 21.6 Å².